The van der Waals surface area contributed by atoms with E-state index in [-0.39, 0.29) is 18.5 Å². The van der Waals surface area contributed by atoms with Gasteiger partial charge in [-0.25, -0.2) is 4.31 Å². The number of amides is 1. The SMILES string of the molecule is Cc1ccc(N(CC(=O)N[C@@H](C)c2ccccc2)S(=O)(=O)N(C)C)cc1. The largest absolute Gasteiger partial charge is 0.348 e. The standard InChI is InChI=1S/C19H25N3O3S/c1-15-10-12-18(13-11-15)22(26(24,25)21(3)4)14-19(23)20-16(2)17-8-6-5-7-9-17/h5-13,16H,14H2,1-4H3,(H,20,23)/t16-/m0/s1. The molecule has 0 aliphatic carbocycles. The molecule has 0 aliphatic heterocycles. The summed E-state index contributed by atoms with van der Waals surface area (Å²) in [4.78, 5) is 12.5. The van der Waals surface area contributed by atoms with E-state index in [1.165, 1.54) is 14.1 Å². The Balaban J connectivity index is 2.21. The zero-order valence-corrected chi connectivity index (χ0v) is 16.3. The van der Waals surface area contributed by atoms with Crippen LogP contribution in [0.15, 0.2) is 54.6 Å². The van der Waals surface area contributed by atoms with E-state index in [1.54, 1.807) is 12.1 Å². The second-order valence-electron chi connectivity index (χ2n) is 6.33. The van der Waals surface area contributed by atoms with Crippen molar-refractivity contribution >= 4 is 21.8 Å². The predicted octanol–water partition coefficient (Wildman–Crippen LogP) is 2.49. The van der Waals surface area contributed by atoms with E-state index in [2.05, 4.69) is 5.32 Å². The van der Waals surface area contributed by atoms with E-state index < -0.39 is 10.2 Å². The molecule has 1 amide bonds. The monoisotopic (exact) mass is 375 g/mol. The summed E-state index contributed by atoms with van der Waals surface area (Å²) in [6, 6.07) is 16.3. The molecule has 0 spiro atoms. The number of aryl methyl sites for hydroxylation is 1. The minimum atomic E-state index is -3.79. The zero-order valence-electron chi connectivity index (χ0n) is 15.5. The fraction of sp³-hybridized carbons (Fsp3) is 0.316. The molecule has 0 radical (unpaired) electrons. The Kier molecular flexibility index (Phi) is 6.39. The summed E-state index contributed by atoms with van der Waals surface area (Å²) < 4.78 is 27.6. The van der Waals surface area contributed by atoms with E-state index in [4.69, 9.17) is 0 Å². The third kappa shape index (κ3) is 4.83. The second kappa shape index (κ2) is 8.33. The lowest BCUT2D eigenvalue weighted by molar-refractivity contribution is -0.120. The number of hydrogen-bond acceptors (Lipinski definition) is 3. The molecule has 6 nitrogen and oxygen atoms in total. The van der Waals surface area contributed by atoms with Crippen molar-refractivity contribution in [1.29, 1.82) is 0 Å². The molecule has 0 unspecified atom stereocenters. The molecule has 0 aliphatic rings. The first-order chi connectivity index (χ1) is 12.2. The van der Waals surface area contributed by atoms with Gasteiger partial charge in [-0.3, -0.25) is 4.79 Å². The first-order valence-corrected chi connectivity index (χ1v) is 9.72. The number of benzene rings is 2. The summed E-state index contributed by atoms with van der Waals surface area (Å²) in [5.74, 6) is -0.368. The Hall–Kier alpha value is -2.38. The van der Waals surface area contributed by atoms with Crippen LogP contribution in [0.4, 0.5) is 5.69 Å². The van der Waals surface area contributed by atoms with Crippen LogP contribution < -0.4 is 9.62 Å². The predicted molar refractivity (Wildman–Crippen MR) is 104 cm³/mol. The number of anilines is 1. The minimum absolute atomic E-state index is 0.217. The fourth-order valence-electron chi connectivity index (χ4n) is 2.46. The van der Waals surface area contributed by atoms with Gasteiger partial charge in [-0.2, -0.15) is 12.7 Å². The maximum absolute atomic E-state index is 12.7. The second-order valence-corrected chi connectivity index (χ2v) is 8.40. The van der Waals surface area contributed by atoms with E-state index in [0.29, 0.717) is 5.69 Å². The number of nitrogens with zero attached hydrogens (tertiary/aromatic N) is 2. The van der Waals surface area contributed by atoms with E-state index >= 15 is 0 Å². The van der Waals surface area contributed by atoms with E-state index in [0.717, 1.165) is 19.7 Å². The normalized spacial score (nSPS) is 12.7. The molecule has 1 atom stereocenters. The smallest absolute Gasteiger partial charge is 0.304 e. The van der Waals surface area contributed by atoms with Crippen LogP contribution in [0.3, 0.4) is 0 Å². The van der Waals surface area contributed by atoms with Gasteiger partial charge in [0, 0.05) is 14.1 Å². The highest BCUT2D eigenvalue weighted by Gasteiger charge is 2.27. The van der Waals surface area contributed by atoms with Crippen LogP contribution in [-0.2, 0) is 15.0 Å². The summed E-state index contributed by atoms with van der Waals surface area (Å²) in [5.41, 5.74) is 2.42. The first-order valence-electron chi connectivity index (χ1n) is 8.33. The van der Waals surface area contributed by atoms with Gasteiger partial charge in [0.15, 0.2) is 0 Å². The molecule has 2 aromatic carbocycles. The molecule has 0 fully saturated rings. The first kappa shape index (κ1) is 19.9. The molecule has 0 saturated carbocycles. The molecule has 26 heavy (non-hydrogen) atoms. The summed E-state index contributed by atoms with van der Waals surface area (Å²) >= 11 is 0. The zero-order chi connectivity index (χ0) is 19.3. The Morgan fingerprint density at radius 2 is 1.62 bits per heavy atom. The molecule has 140 valence electrons. The minimum Gasteiger partial charge on any atom is -0.348 e. The van der Waals surface area contributed by atoms with E-state index in [1.807, 2.05) is 56.3 Å². The summed E-state index contributed by atoms with van der Waals surface area (Å²) in [7, 11) is -0.904. The van der Waals surface area contributed by atoms with Gasteiger partial charge in [0.2, 0.25) is 5.91 Å². The number of carbonyl (C=O) groups is 1. The van der Waals surface area contributed by atoms with Crippen LogP contribution in [0, 0.1) is 6.92 Å². The van der Waals surface area contributed by atoms with Crippen molar-refractivity contribution in [3.8, 4) is 0 Å². The molecule has 0 bridgehead atoms. The summed E-state index contributed by atoms with van der Waals surface area (Å²) in [5, 5.41) is 2.86. The number of carbonyl (C=O) groups excluding carboxylic acids is 1. The Bertz CT molecular complexity index is 834. The van der Waals surface area contributed by atoms with Gasteiger partial charge in [-0.05, 0) is 31.5 Å². The van der Waals surface area contributed by atoms with Crippen LogP contribution >= 0.6 is 0 Å². The summed E-state index contributed by atoms with van der Waals surface area (Å²) in [6.07, 6.45) is 0. The van der Waals surface area contributed by atoms with Gasteiger partial charge in [-0.15, -0.1) is 0 Å². The highest BCUT2D eigenvalue weighted by molar-refractivity contribution is 7.90. The number of nitrogens with one attached hydrogen (secondary N) is 1. The number of rotatable bonds is 7. The maximum Gasteiger partial charge on any atom is 0.304 e. The van der Waals surface area contributed by atoms with Gasteiger partial charge in [0.05, 0.1) is 11.7 Å². The third-order valence-electron chi connectivity index (χ3n) is 4.03. The van der Waals surface area contributed by atoms with Crippen LogP contribution in [0.1, 0.15) is 24.1 Å². The molecular weight excluding hydrogens is 350 g/mol. The molecule has 0 heterocycles. The molecule has 2 aromatic rings. The van der Waals surface area contributed by atoms with Crippen molar-refractivity contribution in [2.75, 3.05) is 24.9 Å². The topological polar surface area (TPSA) is 69.7 Å². The van der Waals surface area contributed by atoms with Crippen molar-refractivity contribution in [1.82, 2.24) is 9.62 Å². The van der Waals surface area contributed by atoms with Crippen LogP contribution in [0.25, 0.3) is 0 Å². The molecule has 2 rings (SSSR count). The van der Waals surface area contributed by atoms with Gasteiger partial charge in [0.1, 0.15) is 6.54 Å². The summed E-state index contributed by atoms with van der Waals surface area (Å²) in [6.45, 7) is 3.49. The lowest BCUT2D eigenvalue weighted by Crippen LogP contribution is -2.46. The van der Waals surface area contributed by atoms with Crippen molar-refractivity contribution in [2.45, 2.75) is 19.9 Å². The molecular formula is C19H25N3O3S. The fourth-order valence-corrected chi connectivity index (χ4v) is 3.52. The van der Waals surface area contributed by atoms with Crippen LogP contribution in [0.5, 0.6) is 0 Å². The van der Waals surface area contributed by atoms with Gasteiger partial charge in [0.25, 0.3) is 0 Å². The Morgan fingerprint density at radius 1 is 1.04 bits per heavy atom. The lowest BCUT2D eigenvalue weighted by Gasteiger charge is -2.27. The molecule has 0 aromatic heterocycles. The Labute approximate surface area is 155 Å². The Morgan fingerprint density at radius 3 is 2.15 bits per heavy atom. The average molecular weight is 375 g/mol. The lowest BCUT2D eigenvalue weighted by atomic mass is 10.1. The van der Waals surface area contributed by atoms with Crippen molar-refractivity contribution in [3.63, 3.8) is 0 Å². The van der Waals surface area contributed by atoms with Crippen molar-refractivity contribution < 1.29 is 13.2 Å². The van der Waals surface area contributed by atoms with E-state index in [9.17, 15) is 13.2 Å². The van der Waals surface area contributed by atoms with Crippen molar-refractivity contribution in [3.05, 3.63) is 65.7 Å². The highest BCUT2D eigenvalue weighted by atomic mass is 32.2. The third-order valence-corrected chi connectivity index (χ3v) is 5.85. The highest BCUT2D eigenvalue weighted by Crippen LogP contribution is 2.20. The molecule has 0 saturated heterocycles. The number of hydrogen-bond donors (Lipinski definition) is 1. The van der Waals surface area contributed by atoms with Crippen molar-refractivity contribution in [2.24, 2.45) is 0 Å². The molecule has 1 N–H and O–H groups in total. The maximum atomic E-state index is 12.7. The molecule has 7 heteroatoms. The van der Waals surface area contributed by atoms with Gasteiger partial charge >= 0.3 is 10.2 Å². The van der Waals surface area contributed by atoms with Gasteiger partial charge in [-0.1, -0.05) is 48.0 Å². The van der Waals surface area contributed by atoms with Crippen LogP contribution in [-0.4, -0.2) is 39.3 Å². The quantitative estimate of drug-likeness (QED) is 0.808. The average Bonchev–Trinajstić information content (AvgIpc) is 2.61. The van der Waals surface area contributed by atoms with Gasteiger partial charge < -0.3 is 5.32 Å². The van der Waals surface area contributed by atoms with Crippen LogP contribution in [0.2, 0.25) is 0 Å².